The summed E-state index contributed by atoms with van der Waals surface area (Å²) in [6.07, 6.45) is 0.528. The van der Waals surface area contributed by atoms with Crippen LogP contribution in [0.15, 0.2) is 34.2 Å². The number of hydrogen-bond acceptors (Lipinski definition) is 5. The highest BCUT2D eigenvalue weighted by Crippen LogP contribution is 2.31. The summed E-state index contributed by atoms with van der Waals surface area (Å²) in [6, 6.07) is 6.72. The Kier molecular flexibility index (Phi) is 5.17. The topological polar surface area (TPSA) is 65.0 Å². The van der Waals surface area contributed by atoms with Gasteiger partial charge in [-0.3, -0.25) is 0 Å². The molecule has 0 N–H and O–H groups in total. The van der Waals surface area contributed by atoms with Gasteiger partial charge < -0.3 is 9.47 Å². The zero-order valence-electron chi connectivity index (χ0n) is 12.0. The van der Waals surface area contributed by atoms with Crippen LogP contribution in [-0.4, -0.2) is 39.0 Å². The fraction of sp³-hybridized carbons (Fsp3) is 0.533. The van der Waals surface area contributed by atoms with Crippen LogP contribution in [0, 0.1) is 6.92 Å². The molecule has 0 aromatic heterocycles. The Morgan fingerprint density at radius 1 is 1.24 bits per heavy atom. The molecule has 0 saturated heterocycles. The lowest BCUT2D eigenvalue weighted by molar-refractivity contribution is -0.0613. The lowest BCUT2D eigenvalue weighted by Crippen LogP contribution is -2.47. The van der Waals surface area contributed by atoms with Gasteiger partial charge in [-0.1, -0.05) is 25.1 Å². The fourth-order valence-electron chi connectivity index (χ4n) is 2.04. The van der Waals surface area contributed by atoms with E-state index in [1.807, 2.05) is 6.92 Å². The van der Waals surface area contributed by atoms with Crippen LogP contribution in [0.3, 0.4) is 0 Å². The maximum absolute atomic E-state index is 12.7. The van der Waals surface area contributed by atoms with Gasteiger partial charge in [0.15, 0.2) is 17.9 Å². The van der Waals surface area contributed by atoms with Gasteiger partial charge in [-0.25, -0.2) is 13.4 Å². The van der Waals surface area contributed by atoms with Crippen molar-refractivity contribution in [3.05, 3.63) is 29.8 Å². The molecule has 0 radical (unpaired) electrons. The minimum Gasteiger partial charge on any atom is -0.474 e. The third-order valence-electron chi connectivity index (χ3n) is 3.55. The lowest BCUT2D eigenvalue weighted by Gasteiger charge is -2.31. The van der Waals surface area contributed by atoms with Crippen LogP contribution < -0.4 is 0 Å². The minimum atomic E-state index is -3.60. The Morgan fingerprint density at radius 3 is 2.33 bits per heavy atom. The molecule has 0 fully saturated rings. The summed E-state index contributed by atoms with van der Waals surface area (Å²) in [4.78, 5) is 4.23. The molecule has 5 nitrogen and oxygen atoms in total. The van der Waals surface area contributed by atoms with Crippen molar-refractivity contribution in [2.45, 2.75) is 50.2 Å². The van der Waals surface area contributed by atoms with Gasteiger partial charge in [0, 0.05) is 7.11 Å². The fourth-order valence-corrected chi connectivity index (χ4v) is 3.76. The molecule has 2 unspecified atom stereocenters. The van der Waals surface area contributed by atoms with E-state index in [2.05, 4.69) is 4.99 Å². The third-order valence-corrected chi connectivity index (χ3v) is 5.49. The zero-order chi connectivity index (χ0) is 15.0. The molecule has 21 heavy (non-hydrogen) atoms. The number of ether oxygens (including phenoxy) is 2. The molecule has 1 aromatic carbocycles. The van der Waals surface area contributed by atoms with Crippen molar-refractivity contribution in [3.63, 3.8) is 0 Å². The molecular formula is C15H23NO4S. The number of aliphatic imine (C=N–C) groups is 1. The normalized spacial score (nSPS) is 21.7. The van der Waals surface area contributed by atoms with Gasteiger partial charge in [-0.2, -0.15) is 0 Å². The van der Waals surface area contributed by atoms with Gasteiger partial charge >= 0.3 is 0 Å². The SMILES string of the molecule is C.COC(C)(C)C1OC=NC1S(=O)(=O)c1ccc(C)cc1. The van der Waals surface area contributed by atoms with Crippen molar-refractivity contribution in [3.8, 4) is 0 Å². The van der Waals surface area contributed by atoms with Crippen molar-refractivity contribution in [1.82, 2.24) is 0 Å². The van der Waals surface area contributed by atoms with Crippen molar-refractivity contribution in [2.24, 2.45) is 4.99 Å². The predicted octanol–water partition coefficient (Wildman–Crippen LogP) is 2.58. The van der Waals surface area contributed by atoms with Gasteiger partial charge in [0.05, 0.1) is 4.90 Å². The average Bonchev–Trinajstić information content (AvgIpc) is 2.90. The Bertz CT molecular complexity index is 605. The molecule has 0 aliphatic carbocycles. The third kappa shape index (κ3) is 3.27. The van der Waals surface area contributed by atoms with Crippen molar-refractivity contribution < 1.29 is 17.9 Å². The van der Waals surface area contributed by atoms with E-state index in [0.717, 1.165) is 5.56 Å². The van der Waals surface area contributed by atoms with Gasteiger partial charge in [0.1, 0.15) is 5.60 Å². The Balaban J connectivity index is 0.00000220. The van der Waals surface area contributed by atoms with E-state index < -0.39 is 26.9 Å². The number of methoxy groups -OCH3 is 1. The molecule has 2 rings (SSSR count). The van der Waals surface area contributed by atoms with E-state index in [-0.39, 0.29) is 12.3 Å². The maximum Gasteiger partial charge on any atom is 0.205 e. The standard InChI is InChI=1S/C14H19NO4S.CH4/c1-10-5-7-11(8-6-10)20(16,17)13-12(19-9-15-13)14(2,3)18-4;/h5-9,12-13H,1-4H3;1H4. The molecule has 6 heteroatoms. The summed E-state index contributed by atoms with van der Waals surface area (Å²) in [5.74, 6) is 0. The predicted molar refractivity (Wildman–Crippen MR) is 83.3 cm³/mol. The van der Waals surface area contributed by atoms with E-state index >= 15 is 0 Å². The number of benzene rings is 1. The van der Waals surface area contributed by atoms with Crippen LogP contribution in [-0.2, 0) is 19.3 Å². The van der Waals surface area contributed by atoms with Gasteiger partial charge in [-0.05, 0) is 32.9 Å². The maximum atomic E-state index is 12.7. The Labute approximate surface area is 126 Å². The molecule has 1 aliphatic heterocycles. The second-order valence-electron chi connectivity index (χ2n) is 5.37. The molecular weight excluding hydrogens is 290 g/mol. The monoisotopic (exact) mass is 313 g/mol. The molecule has 0 saturated carbocycles. The number of aryl methyl sites for hydroxylation is 1. The first kappa shape index (κ1) is 17.7. The van der Waals surface area contributed by atoms with Crippen LogP contribution in [0.4, 0.5) is 0 Å². The first-order chi connectivity index (χ1) is 9.29. The Hall–Kier alpha value is -1.40. The van der Waals surface area contributed by atoms with Crippen LogP contribution >= 0.6 is 0 Å². The minimum absolute atomic E-state index is 0. The Morgan fingerprint density at radius 2 is 1.81 bits per heavy atom. The van der Waals surface area contributed by atoms with Crippen LogP contribution in [0.1, 0.15) is 26.8 Å². The molecule has 0 spiro atoms. The first-order valence-corrected chi connectivity index (χ1v) is 7.86. The van der Waals surface area contributed by atoms with Crippen molar-refractivity contribution in [2.75, 3.05) is 7.11 Å². The molecule has 2 atom stereocenters. The summed E-state index contributed by atoms with van der Waals surface area (Å²) in [5.41, 5.74) is 0.253. The number of rotatable bonds is 4. The molecule has 118 valence electrons. The van der Waals surface area contributed by atoms with E-state index in [1.165, 1.54) is 13.5 Å². The van der Waals surface area contributed by atoms with Gasteiger partial charge in [0.2, 0.25) is 9.84 Å². The van der Waals surface area contributed by atoms with E-state index in [9.17, 15) is 8.42 Å². The molecule has 1 aromatic rings. The highest BCUT2D eigenvalue weighted by atomic mass is 32.2. The second kappa shape index (κ2) is 6.15. The highest BCUT2D eigenvalue weighted by molar-refractivity contribution is 7.92. The summed E-state index contributed by atoms with van der Waals surface area (Å²) in [7, 11) is -2.08. The lowest BCUT2D eigenvalue weighted by atomic mass is 10.0. The first-order valence-electron chi connectivity index (χ1n) is 6.32. The van der Waals surface area contributed by atoms with Crippen molar-refractivity contribution in [1.29, 1.82) is 0 Å². The molecule has 1 heterocycles. The zero-order valence-corrected chi connectivity index (χ0v) is 12.8. The summed E-state index contributed by atoms with van der Waals surface area (Å²) in [6.45, 7) is 5.47. The van der Waals surface area contributed by atoms with E-state index in [1.54, 1.807) is 38.1 Å². The summed E-state index contributed by atoms with van der Waals surface area (Å²) in [5, 5.41) is -0.986. The second-order valence-corrected chi connectivity index (χ2v) is 7.41. The van der Waals surface area contributed by atoms with Crippen LogP contribution in [0.2, 0.25) is 0 Å². The van der Waals surface area contributed by atoms with E-state index in [0.29, 0.717) is 0 Å². The van der Waals surface area contributed by atoms with Gasteiger partial charge in [-0.15, -0.1) is 0 Å². The van der Waals surface area contributed by atoms with E-state index in [4.69, 9.17) is 9.47 Å². The molecule has 0 amide bonds. The van der Waals surface area contributed by atoms with Crippen LogP contribution in [0.5, 0.6) is 0 Å². The summed E-state index contributed by atoms with van der Waals surface area (Å²) >= 11 is 0. The average molecular weight is 313 g/mol. The number of nitrogens with zero attached hydrogens (tertiary/aromatic N) is 1. The summed E-state index contributed by atoms with van der Waals surface area (Å²) < 4.78 is 36.0. The van der Waals surface area contributed by atoms with Crippen LogP contribution in [0.25, 0.3) is 0 Å². The van der Waals surface area contributed by atoms with Crippen molar-refractivity contribution >= 4 is 16.2 Å². The number of sulfone groups is 1. The largest absolute Gasteiger partial charge is 0.474 e. The molecule has 1 aliphatic rings. The molecule has 0 bridgehead atoms. The highest BCUT2D eigenvalue weighted by Gasteiger charge is 2.47. The quantitative estimate of drug-likeness (QED) is 0.857. The van der Waals surface area contributed by atoms with Gasteiger partial charge in [0.25, 0.3) is 0 Å². The smallest absolute Gasteiger partial charge is 0.205 e. The number of hydrogen-bond donors (Lipinski definition) is 0.